The van der Waals surface area contributed by atoms with Crippen molar-refractivity contribution in [3.05, 3.63) is 82.8 Å². The number of carbonyl (C=O) groups excluding carboxylic acids is 1. The summed E-state index contributed by atoms with van der Waals surface area (Å²) >= 11 is 5.94. The Morgan fingerprint density at radius 3 is 2.60 bits per heavy atom. The van der Waals surface area contributed by atoms with Crippen molar-refractivity contribution in [2.45, 2.75) is 6.92 Å². The van der Waals surface area contributed by atoms with Crippen LogP contribution >= 0.6 is 11.6 Å². The van der Waals surface area contributed by atoms with Crippen molar-refractivity contribution < 1.29 is 9.18 Å². The molecule has 0 saturated carbocycles. The van der Waals surface area contributed by atoms with Gasteiger partial charge in [-0.1, -0.05) is 23.7 Å². The summed E-state index contributed by atoms with van der Waals surface area (Å²) in [5.41, 5.74) is 2.65. The van der Waals surface area contributed by atoms with E-state index in [0.717, 1.165) is 16.9 Å². The van der Waals surface area contributed by atoms with Gasteiger partial charge in [-0.3, -0.25) is 4.79 Å². The molecule has 0 fully saturated rings. The number of nitrogens with zero attached hydrogens (tertiary/aromatic N) is 1. The first-order valence-electron chi connectivity index (χ1n) is 7.58. The van der Waals surface area contributed by atoms with Crippen LogP contribution in [0.15, 0.2) is 60.8 Å². The van der Waals surface area contributed by atoms with Crippen molar-refractivity contribution >= 4 is 34.7 Å². The molecular formula is C19H15ClFN3O. The summed E-state index contributed by atoms with van der Waals surface area (Å²) in [5, 5.41) is 6.47. The number of hydrogen-bond acceptors (Lipinski definition) is 3. The Kier molecular flexibility index (Phi) is 4.95. The molecule has 25 heavy (non-hydrogen) atoms. The second kappa shape index (κ2) is 7.32. The average Bonchev–Trinajstić information content (AvgIpc) is 2.59. The van der Waals surface area contributed by atoms with Crippen LogP contribution in [0.3, 0.4) is 0 Å². The van der Waals surface area contributed by atoms with Gasteiger partial charge in [-0.15, -0.1) is 0 Å². The number of rotatable bonds is 4. The molecular weight excluding hydrogens is 341 g/mol. The van der Waals surface area contributed by atoms with Crippen molar-refractivity contribution in [3.8, 4) is 0 Å². The van der Waals surface area contributed by atoms with Gasteiger partial charge in [0, 0.05) is 10.7 Å². The zero-order valence-corrected chi connectivity index (χ0v) is 14.1. The molecule has 4 nitrogen and oxygen atoms in total. The van der Waals surface area contributed by atoms with E-state index in [-0.39, 0.29) is 5.56 Å². The molecule has 0 radical (unpaired) electrons. The fourth-order valence-corrected chi connectivity index (χ4v) is 2.52. The van der Waals surface area contributed by atoms with Crippen molar-refractivity contribution in [3.63, 3.8) is 0 Å². The molecule has 1 aromatic heterocycles. The maximum absolute atomic E-state index is 13.6. The normalized spacial score (nSPS) is 10.4. The van der Waals surface area contributed by atoms with Crippen LogP contribution in [0.2, 0.25) is 5.02 Å². The number of aryl methyl sites for hydroxylation is 1. The predicted molar refractivity (Wildman–Crippen MR) is 98.1 cm³/mol. The molecule has 0 saturated heterocycles. The summed E-state index contributed by atoms with van der Waals surface area (Å²) in [4.78, 5) is 16.2. The molecule has 126 valence electrons. The van der Waals surface area contributed by atoms with Gasteiger partial charge in [-0.25, -0.2) is 9.37 Å². The quantitative estimate of drug-likeness (QED) is 0.678. The second-order valence-electron chi connectivity index (χ2n) is 5.45. The van der Waals surface area contributed by atoms with Crippen molar-refractivity contribution in [1.82, 2.24) is 4.98 Å². The van der Waals surface area contributed by atoms with Gasteiger partial charge in [0.25, 0.3) is 5.91 Å². The van der Waals surface area contributed by atoms with E-state index in [0.29, 0.717) is 10.8 Å². The van der Waals surface area contributed by atoms with Crippen LogP contribution in [-0.4, -0.2) is 10.9 Å². The van der Waals surface area contributed by atoms with E-state index in [4.69, 9.17) is 11.6 Å². The summed E-state index contributed by atoms with van der Waals surface area (Å²) in [6.45, 7) is 1.95. The molecule has 0 atom stereocenters. The standard InChI is InChI=1S/C19H15ClFN3O/c1-12-10-13(20)6-8-17(12)23-14-7-9-18(22-11-14)24-19(25)15-4-2-3-5-16(15)21/h2-11,23H,1H3,(H,22,24,25). The Morgan fingerprint density at radius 1 is 1.12 bits per heavy atom. The summed E-state index contributed by atoms with van der Waals surface area (Å²) in [6.07, 6.45) is 1.59. The van der Waals surface area contributed by atoms with Gasteiger partial charge in [0.2, 0.25) is 0 Å². The number of benzene rings is 2. The van der Waals surface area contributed by atoms with E-state index in [2.05, 4.69) is 15.6 Å². The molecule has 0 spiro atoms. The number of halogens is 2. The minimum atomic E-state index is -0.573. The van der Waals surface area contributed by atoms with Crippen LogP contribution in [0, 0.1) is 12.7 Å². The highest BCUT2D eigenvalue weighted by atomic mass is 35.5. The van der Waals surface area contributed by atoms with Crippen LogP contribution < -0.4 is 10.6 Å². The maximum atomic E-state index is 13.6. The van der Waals surface area contributed by atoms with Crippen molar-refractivity contribution in [2.75, 3.05) is 10.6 Å². The monoisotopic (exact) mass is 355 g/mol. The first-order valence-corrected chi connectivity index (χ1v) is 7.96. The Bertz CT molecular complexity index is 913. The molecule has 0 aliphatic rings. The van der Waals surface area contributed by atoms with Gasteiger partial charge in [-0.2, -0.15) is 0 Å². The van der Waals surface area contributed by atoms with Gasteiger partial charge in [0.1, 0.15) is 11.6 Å². The first-order chi connectivity index (χ1) is 12.0. The molecule has 1 heterocycles. The van der Waals surface area contributed by atoms with E-state index in [1.807, 2.05) is 19.1 Å². The fourth-order valence-electron chi connectivity index (χ4n) is 2.29. The van der Waals surface area contributed by atoms with Crippen LogP contribution in [0.25, 0.3) is 0 Å². The van der Waals surface area contributed by atoms with Gasteiger partial charge in [0.15, 0.2) is 0 Å². The molecule has 6 heteroatoms. The number of nitrogens with one attached hydrogen (secondary N) is 2. The zero-order valence-electron chi connectivity index (χ0n) is 13.4. The smallest absolute Gasteiger partial charge is 0.259 e. The topological polar surface area (TPSA) is 54.0 Å². The van der Waals surface area contributed by atoms with Crippen LogP contribution in [0.1, 0.15) is 15.9 Å². The average molecular weight is 356 g/mol. The van der Waals surface area contributed by atoms with Gasteiger partial charge >= 0.3 is 0 Å². The lowest BCUT2D eigenvalue weighted by Crippen LogP contribution is -2.14. The first kappa shape index (κ1) is 16.9. The molecule has 2 N–H and O–H groups in total. The van der Waals surface area contributed by atoms with Crippen molar-refractivity contribution in [1.29, 1.82) is 0 Å². The van der Waals surface area contributed by atoms with Crippen molar-refractivity contribution in [2.24, 2.45) is 0 Å². The Hall–Kier alpha value is -2.92. The summed E-state index contributed by atoms with van der Waals surface area (Å²) in [7, 11) is 0. The molecule has 0 aliphatic carbocycles. The second-order valence-corrected chi connectivity index (χ2v) is 5.89. The van der Waals surface area contributed by atoms with Crippen LogP contribution in [-0.2, 0) is 0 Å². The van der Waals surface area contributed by atoms with E-state index in [1.54, 1.807) is 30.5 Å². The molecule has 2 aromatic carbocycles. The maximum Gasteiger partial charge on any atom is 0.259 e. The van der Waals surface area contributed by atoms with Crippen LogP contribution in [0.5, 0.6) is 0 Å². The third kappa shape index (κ3) is 4.14. The van der Waals surface area contributed by atoms with Gasteiger partial charge in [-0.05, 0) is 55.0 Å². The molecule has 3 aromatic rings. The predicted octanol–water partition coefficient (Wildman–Crippen LogP) is 5.18. The Morgan fingerprint density at radius 2 is 1.92 bits per heavy atom. The summed E-state index contributed by atoms with van der Waals surface area (Å²) in [6, 6.07) is 14.8. The number of amides is 1. The van der Waals surface area contributed by atoms with Gasteiger partial charge < -0.3 is 10.6 Å². The minimum Gasteiger partial charge on any atom is -0.354 e. The number of pyridine rings is 1. The zero-order chi connectivity index (χ0) is 17.8. The lowest BCUT2D eigenvalue weighted by molar-refractivity contribution is 0.102. The SMILES string of the molecule is Cc1cc(Cl)ccc1Nc1ccc(NC(=O)c2ccccc2F)nc1. The molecule has 0 unspecified atom stereocenters. The number of carbonyl (C=O) groups is 1. The fraction of sp³-hybridized carbons (Fsp3) is 0.0526. The molecule has 0 aliphatic heterocycles. The number of hydrogen-bond donors (Lipinski definition) is 2. The minimum absolute atomic E-state index is 0.0247. The lowest BCUT2D eigenvalue weighted by Gasteiger charge is -2.10. The van der Waals surface area contributed by atoms with Gasteiger partial charge in [0.05, 0.1) is 17.4 Å². The van der Waals surface area contributed by atoms with Crippen LogP contribution in [0.4, 0.5) is 21.6 Å². The highest BCUT2D eigenvalue weighted by Gasteiger charge is 2.11. The molecule has 1 amide bonds. The summed E-state index contributed by atoms with van der Waals surface area (Å²) < 4.78 is 13.6. The lowest BCUT2D eigenvalue weighted by atomic mass is 10.2. The van der Waals surface area contributed by atoms with E-state index in [9.17, 15) is 9.18 Å². The number of aromatic nitrogens is 1. The van der Waals surface area contributed by atoms with E-state index < -0.39 is 11.7 Å². The molecule has 0 bridgehead atoms. The Balaban J connectivity index is 1.70. The van der Waals surface area contributed by atoms with E-state index in [1.165, 1.54) is 18.2 Å². The third-order valence-corrected chi connectivity index (χ3v) is 3.83. The highest BCUT2D eigenvalue weighted by molar-refractivity contribution is 6.30. The summed E-state index contributed by atoms with van der Waals surface area (Å²) in [5.74, 6) is -0.775. The number of anilines is 3. The highest BCUT2D eigenvalue weighted by Crippen LogP contribution is 2.23. The third-order valence-electron chi connectivity index (χ3n) is 3.59. The van der Waals surface area contributed by atoms with E-state index >= 15 is 0 Å². The molecule has 3 rings (SSSR count). The largest absolute Gasteiger partial charge is 0.354 e. The Labute approximate surface area is 149 Å².